The maximum Gasteiger partial charge on any atom is 0.415 e. The summed E-state index contributed by atoms with van der Waals surface area (Å²) < 4.78 is 29.3. The van der Waals surface area contributed by atoms with E-state index < -0.39 is 11.7 Å². The Morgan fingerprint density at radius 1 is 1.15 bits per heavy atom. The molecule has 1 aliphatic rings. The van der Waals surface area contributed by atoms with Crippen LogP contribution in [0.3, 0.4) is 0 Å². The van der Waals surface area contributed by atoms with Crippen molar-refractivity contribution < 1.29 is 18.7 Å². The van der Waals surface area contributed by atoms with Gasteiger partial charge < -0.3 is 9.47 Å². The monoisotopic (exact) mass is 534 g/mol. The summed E-state index contributed by atoms with van der Waals surface area (Å²) in [6, 6.07) is 8.46. The fourth-order valence-corrected chi connectivity index (χ4v) is 5.07. The highest BCUT2D eigenvalue weighted by molar-refractivity contribution is 5.91. The first-order chi connectivity index (χ1) is 18.6. The largest absolute Gasteiger partial charge is 0.487 e. The predicted octanol–water partition coefficient (Wildman–Crippen LogP) is 6.16. The van der Waals surface area contributed by atoms with E-state index >= 15 is 0 Å². The summed E-state index contributed by atoms with van der Waals surface area (Å²) >= 11 is 0. The summed E-state index contributed by atoms with van der Waals surface area (Å²) in [5.41, 5.74) is 2.00. The Bertz CT molecular complexity index is 1470. The van der Waals surface area contributed by atoms with Crippen LogP contribution in [0.1, 0.15) is 65.0 Å². The number of amides is 1. The van der Waals surface area contributed by atoms with E-state index in [4.69, 9.17) is 14.6 Å². The first kappa shape index (κ1) is 26.6. The molecule has 0 saturated heterocycles. The number of hydrogen-bond acceptors (Lipinski definition) is 6. The fraction of sp³-hybridized carbons (Fsp3) is 0.448. The number of nitrogens with zero attached hydrogens (tertiary/aromatic N) is 6. The van der Waals surface area contributed by atoms with Crippen molar-refractivity contribution in [2.75, 3.05) is 11.4 Å². The van der Waals surface area contributed by atoms with Gasteiger partial charge in [-0.15, -0.1) is 0 Å². The number of carbonyl (C=O) groups is 1. The lowest BCUT2D eigenvalue weighted by Gasteiger charge is -2.28. The number of hydrogen-bond donors (Lipinski definition) is 0. The quantitative estimate of drug-likeness (QED) is 0.294. The third kappa shape index (κ3) is 5.74. The topological polar surface area (TPSA) is 87.3 Å². The van der Waals surface area contributed by atoms with Crippen LogP contribution in [0.25, 0.3) is 16.6 Å². The molecule has 1 fully saturated rings. The van der Waals surface area contributed by atoms with E-state index in [9.17, 15) is 9.18 Å². The molecule has 4 aromatic rings. The SMILES string of the molecule is CCN(C(=O)OC(C)(C)C)c1cc2c(cn1)n(-c1cnn(C)c1)nc2[C@H]1CC[C@@H](Oc2ccccc2F)CC1. The number of anilines is 1. The molecule has 3 aromatic heterocycles. The number of ether oxygens (including phenoxy) is 2. The van der Waals surface area contributed by atoms with Crippen LogP contribution in [0.5, 0.6) is 5.75 Å². The van der Waals surface area contributed by atoms with Crippen LogP contribution in [0.4, 0.5) is 15.0 Å². The Hall–Kier alpha value is -3.95. The second kappa shape index (κ2) is 10.7. The molecule has 0 bridgehead atoms. The molecule has 0 N–H and O–H groups in total. The van der Waals surface area contributed by atoms with Crippen molar-refractivity contribution in [3.63, 3.8) is 0 Å². The van der Waals surface area contributed by atoms with E-state index in [1.165, 1.54) is 11.0 Å². The maximum absolute atomic E-state index is 14.1. The van der Waals surface area contributed by atoms with Crippen molar-refractivity contribution in [3.05, 3.63) is 60.4 Å². The van der Waals surface area contributed by atoms with Crippen molar-refractivity contribution in [2.24, 2.45) is 7.05 Å². The fourth-order valence-electron chi connectivity index (χ4n) is 5.07. The minimum Gasteiger partial charge on any atom is -0.487 e. The van der Waals surface area contributed by atoms with Crippen LogP contribution < -0.4 is 9.64 Å². The number of rotatable bonds is 6. The minimum atomic E-state index is -0.617. The summed E-state index contributed by atoms with van der Waals surface area (Å²) in [6.07, 6.45) is 8.21. The first-order valence-electron chi connectivity index (χ1n) is 13.4. The van der Waals surface area contributed by atoms with Crippen LogP contribution in [-0.2, 0) is 11.8 Å². The van der Waals surface area contributed by atoms with E-state index in [2.05, 4.69) is 10.1 Å². The van der Waals surface area contributed by atoms with E-state index in [1.54, 1.807) is 35.3 Å². The number of fused-ring (bicyclic) bond motifs is 1. The van der Waals surface area contributed by atoms with E-state index in [0.717, 1.165) is 48.0 Å². The Morgan fingerprint density at radius 3 is 2.54 bits per heavy atom. The lowest BCUT2D eigenvalue weighted by molar-refractivity contribution is 0.0581. The third-order valence-corrected chi connectivity index (χ3v) is 6.91. The van der Waals surface area contributed by atoms with Crippen LogP contribution >= 0.6 is 0 Å². The zero-order valence-corrected chi connectivity index (χ0v) is 23.1. The number of pyridine rings is 1. The average molecular weight is 535 g/mol. The number of para-hydroxylation sites is 1. The van der Waals surface area contributed by atoms with Gasteiger partial charge in [-0.25, -0.2) is 18.9 Å². The second-order valence-electron chi connectivity index (χ2n) is 11.0. The smallest absolute Gasteiger partial charge is 0.415 e. The summed E-state index contributed by atoms with van der Waals surface area (Å²) in [4.78, 5) is 19.1. The van der Waals surface area contributed by atoms with Gasteiger partial charge in [-0.3, -0.25) is 9.58 Å². The Kier molecular flexibility index (Phi) is 7.29. The molecular formula is C29H35FN6O3. The molecule has 1 aromatic carbocycles. The van der Waals surface area contributed by atoms with E-state index in [1.807, 2.05) is 51.7 Å². The summed E-state index contributed by atoms with van der Waals surface area (Å²) in [5.74, 6) is 0.650. The van der Waals surface area contributed by atoms with Crippen molar-refractivity contribution in [1.29, 1.82) is 0 Å². The Balaban J connectivity index is 1.46. The van der Waals surface area contributed by atoms with Gasteiger partial charge in [0.2, 0.25) is 0 Å². The van der Waals surface area contributed by atoms with Gasteiger partial charge in [0, 0.05) is 24.9 Å². The van der Waals surface area contributed by atoms with Gasteiger partial charge in [-0.05, 0) is 71.6 Å². The van der Waals surface area contributed by atoms with Crippen molar-refractivity contribution in [2.45, 2.75) is 71.0 Å². The van der Waals surface area contributed by atoms with Gasteiger partial charge >= 0.3 is 6.09 Å². The van der Waals surface area contributed by atoms with Crippen LogP contribution in [0.2, 0.25) is 0 Å². The lowest BCUT2D eigenvalue weighted by atomic mass is 9.84. The molecular weight excluding hydrogens is 499 g/mol. The van der Waals surface area contributed by atoms with Crippen molar-refractivity contribution in [3.8, 4) is 11.4 Å². The minimum absolute atomic E-state index is 0.0511. The standard InChI is InChI=1S/C29H35FN6O3/c1-6-35(28(37)39-29(2,3)4)26-15-22-24(17-31-26)36(20-16-32-34(5)18-20)33-27(22)19-11-13-21(14-12-19)38-25-10-8-7-9-23(25)30/h7-10,15-19,21H,6,11-14H2,1-5H3/t19-,21+. The van der Waals surface area contributed by atoms with Gasteiger partial charge in [0.15, 0.2) is 11.6 Å². The van der Waals surface area contributed by atoms with E-state index in [-0.39, 0.29) is 17.8 Å². The number of benzene rings is 1. The molecule has 0 radical (unpaired) electrons. The second-order valence-corrected chi connectivity index (χ2v) is 11.0. The summed E-state index contributed by atoms with van der Waals surface area (Å²) in [7, 11) is 1.86. The van der Waals surface area contributed by atoms with Crippen molar-refractivity contribution >= 4 is 22.8 Å². The predicted molar refractivity (Wildman–Crippen MR) is 147 cm³/mol. The zero-order valence-electron chi connectivity index (χ0n) is 23.1. The van der Waals surface area contributed by atoms with Gasteiger partial charge in [0.25, 0.3) is 0 Å². The molecule has 206 valence electrons. The highest BCUT2D eigenvalue weighted by Gasteiger charge is 2.30. The molecule has 39 heavy (non-hydrogen) atoms. The molecule has 0 spiro atoms. The van der Waals surface area contributed by atoms with Gasteiger partial charge in [0.05, 0.1) is 35.9 Å². The molecule has 0 aliphatic heterocycles. The molecule has 1 amide bonds. The molecule has 0 unspecified atom stereocenters. The number of aryl methyl sites for hydroxylation is 1. The molecule has 9 nitrogen and oxygen atoms in total. The molecule has 1 aliphatic carbocycles. The molecule has 1 saturated carbocycles. The average Bonchev–Trinajstić information content (AvgIpc) is 3.48. The number of carbonyl (C=O) groups excluding carboxylic acids is 1. The van der Waals surface area contributed by atoms with Gasteiger partial charge in [0.1, 0.15) is 17.1 Å². The zero-order chi connectivity index (χ0) is 27.7. The lowest BCUT2D eigenvalue weighted by Crippen LogP contribution is -2.37. The molecule has 10 heteroatoms. The van der Waals surface area contributed by atoms with Crippen LogP contribution in [-0.4, -0.2) is 48.9 Å². The summed E-state index contributed by atoms with van der Waals surface area (Å²) in [6.45, 7) is 7.84. The molecule has 5 rings (SSSR count). The highest BCUT2D eigenvalue weighted by Crippen LogP contribution is 2.39. The van der Waals surface area contributed by atoms with E-state index in [0.29, 0.717) is 18.1 Å². The third-order valence-electron chi connectivity index (χ3n) is 6.91. The maximum atomic E-state index is 14.1. The highest BCUT2D eigenvalue weighted by atomic mass is 19.1. The Morgan fingerprint density at radius 2 is 1.90 bits per heavy atom. The van der Waals surface area contributed by atoms with Gasteiger partial charge in [-0.2, -0.15) is 10.2 Å². The van der Waals surface area contributed by atoms with Gasteiger partial charge in [-0.1, -0.05) is 12.1 Å². The molecule has 3 heterocycles. The van der Waals surface area contributed by atoms with Crippen LogP contribution in [0.15, 0.2) is 48.9 Å². The van der Waals surface area contributed by atoms with Crippen LogP contribution in [0, 0.1) is 5.82 Å². The number of aromatic nitrogens is 5. The van der Waals surface area contributed by atoms with Crippen molar-refractivity contribution in [1.82, 2.24) is 24.5 Å². The summed E-state index contributed by atoms with van der Waals surface area (Å²) in [5, 5.41) is 10.3. The molecule has 0 atom stereocenters. The Labute approximate surface area is 227 Å². The first-order valence-corrected chi connectivity index (χ1v) is 13.4. The normalized spacial score (nSPS) is 17.8. The number of halogens is 1.